The number of urea groups is 1. The van der Waals surface area contributed by atoms with E-state index in [4.69, 9.17) is 0 Å². The van der Waals surface area contributed by atoms with Gasteiger partial charge in [0, 0.05) is 0 Å². The fourth-order valence-corrected chi connectivity index (χ4v) is 2.91. The number of imide groups is 1. The van der Waals surface area contributed by atoms with E-state index in [2.05, 4.69) is 18.8 Å². The van der Waals surface area contributed by atoms with Crippen molar-refractivity contribution in [2.24, 2.45) is 5.92 Å². The summed E-state index contributed by atoms with van der Waals surface area (Å²) in [5, 5.41) is 2.92. The molecule has 17 heavy (non-hydrogen) atoms. The molecule has 1 aliphatic heterocycles. The van der Waals surface area contributed by atoms with Gasteiger partial charge >= 0.3 is 6.03 Å². The van der Waals surface area contributed by atoms with Crippen molar-refractivity contribution in [3.05, 3.63) is 12.2 Å². The first kappa shape index (κ1) is 12.1. The Kier molecular flexibility index (Phi) is 2.98. The Morgan fingerprint density at radius 1 is 1.53 bits per heavy atom. The second-order valence-electron chi connectivity index (χ2n) is 5.40. The van der Waals surface area contributed by atoms with Gasteiger partial charge in [-0.3, -0.25) is 9.69 Å². The van der Waals surface area contributed by atoms with Gasteiger partial charge in [0.05, 0.1) is 6.54 Å². The van der Waals surface area contributed by atoms with E-state index in [9.17, 15) is 9.59 Å². The van der Waals surface area contributed by atoms with Gasteiger partial charge in [0.1, 0.15) is 5.54 Å². The van der Waals surface area contributed by atoms with Crippen molar-refractivity contribution < 1.29 is 9.59 Å². The summed E-state index contributed by atoms with van der Waals surface area (Å²) in [5.41, 5.74) is 0.194. The molecule has 4 heteroatoms. The zero-order valence-corrected chi connectivity index (χ0v) is 10.6. The van der Waals surface area contributed by atoms with Gasteiger partial charge in [-0.2, -0.15) is 0 Å². The molecule has 2 atom stereocenters. The Hall–Kier alpha value is -1.32. The molecule has 2 rings (SSSR count). The van der Waals surface area contributed by atoms with Crippen molar-refractivity contribution in [2.45, 2.75) is 45.1 Å². The Bertz CT molecular complexity index is 378. The Morgan fingerprint density at radius 2 is 2.24 bits per heavy atom. The van der Waals surface area contributed by atoms with Gasteiger partial charge in [0.25, 0.3) is 5.91 Å². The first-order valence-corrected chi connectivity index (χ1v) is 6.26. The fraction of sp³-hybridized carbons (Fsp3) is 0.692. The zero-order chi connectivity index (χ0) is 12.6. The van der Waals surface area contributed by atoms with E-state index in [1.807, 2.05) is 6.92 Å². The number of amides is 3. The van der Waals surface area contributed by atoms with Crippen LogP contribution in [0.25, 0.3) is 0 Å². The highest BCUT2D eigenvalue weighted by molar-refractivity contribution is 6.07. The molecule has 0 unspecified atom stereocenters. The molecule has 1 N–H and O–H groups in total. The zero-order valence-electron chi connectivity index (χ0n) is 10.6. The molecular formula is C13H20N2O2. The molecule has 3 amide bonds. The average molecular weight is 236 g/mol. The van der Waals surface area contributed by atoms with Gasteiger partial charge in [-0.25, -0.2) is 4.79 Å². The van der Waals surface area contributed by atoms with Crippen LogP contribution in [0, 0.1) is 5.92 Å². The van der Waals surface area contributed by atoms with Gasteiger partial charge in [-0.1, -0.05) is 31.9 Å². The number of nitrogens with zero attached hydrogens (tertiary/aromatic N) is 1. The van der Waals surface area contributed by atoms with Crippen molar-refractivity contribution in [1.29, 1.82) is 0 Å². The molecule has 1 heterocycles. The quantitative estimate of drug-likeness (QED) is 0.589. The Morgan fingerprint density at radius 3 is 2.82 bits per heavy atom. The number of carbonyl (C=O) groups is 2. The number of hydrogen-bond donors (Lipinski definition) is 1. The SMILES string of the molecule is C=C(C)CN1C(=O)N[C@]2(CCCC[C@@H]2C)C1=O. The highest BCUT2D eigenvalue weighted by Crippen LogP contribution is 2.38. The standard InChI is InChI=1S/C13H20N2O2/c1-9(2)8-15-11(16)13(14-12(15)17)7-5-4-6-10(13)3/h10H,1,4-8H2,2-3H3,(H,14,17)/t10-,13-/m0/s1. The molecule has 1 saturated carbocycles. The second-order valence-corrected chi connectivity index (χ2v) is 5.40. The molecule has 0 aromatic rings. The summed E-state index contributed by atoms with van der Waals surface area (Å²) in [6.45, 7) is 7.99. The average Bonchev–Trinajstić information content (AvgIpc) is 2.48. The molecule has 0 radical (unpaired) electrons. The monoisotopic (exact) mass is 236 g/mol. The Labute approximate surface area is 102 Å². The minimum Gasteiger partial charge on any atom is -0.323 e. The third kappa shape index (κ3) is 1.85. The van der Waals surface area contributed by atoms with Gasteiger partial charge in [0.2, 0.25) is 0 Å². The van der Waals surface area contributed by atoms with Crippen molar-refractivity contribution >= 4 is 11.9 Å². The minimum absolute atomic E-state index is 0.0577. The number of nitrogens with one attached hydrogen (secondary N) is 1. The van der Waals surface area contributed by atoms with E-state index in [1.165, 1.54) is 4.90 Å². The van der Waals surface area contributed by atoms with E-state index in [-0.39, 0.29) is 17.9 Å². The van der Waals surface area contributed by atoms with Crippen LogP contribution in [-0.2, 0) is 4.79 Å². The summed E-state index contributed by atoms with van der Waals surface area (Å²) in [7, 11) is 0. The lowest BCUT2D eigenvalue weighted by molar-refractivity contribution is -0.133. The fourth-order valence-electron chi connectivity index (χ4n) is 2.91. The van der Waals surface area contributed by atoms with Crippen LogP contribution in [0.2, 0.25) is 0 Å². The van der Waals surface area contributed by atoms with Crippen LogP contribution < -0.4 is 5.32 Å². The molecule has 2 aliphatic rings. The predicted molar refractivity (Wildman–Crippen MR) is 65.4 cm³/mol. The van der Waals surface area contributed by atoms with Crippen molar-refractivity contribution in [3.63, 3.8) is 0 Å². The van der Waals surface area contributed by atoms with Crippen molar-refractivity contribution in [2.75, 3.05) is 6.54 Å². The van der Waals surface area contributed by atoms with Crippen molar-refractivity contribution in [3.8, 4) is 0 Å². The van der Waals surface area contributed by atoms with Crippen molar-refractivity contribution in [1.82, 2.24) is 10.2 Å². The Balaban J connectivity index is 2.24. The topological polar surface area (TPSA) is 49.4 Å². The lowest BCUT2D eigenvalue weighted by Crippen LogP contribution is -2.53. The van der Waals surface area contributed by atoms with Gasteiger partial charge < -0.3 is 5.32 Å². The third-order valence-electron chi connectivity index (χ3n) is 3.93. The molecule has 4 nitrogen and oxygen atoms in total. The van der Waals surface area contributed by atoms with Crippen LogP contribution in [0.4, 0.5) is 4.79 Å². The lowest BCUT2D eigenvalue weighted by Gasteiger charge is -2.36. The summed E-state index contributed by atoms with van der Waals surface area (Å²) in [5.74, 6) is 0.167. The molecular weight excluding hydrogens is 216 g/mol. The van der Waals surface area contributed by atoms with Crippen LogP contribution in [0.15, 0.2) is 12.2 Å². The van der Waals surface area contributed by atoms with Crippen LogP contribution in [0.5, 0.6) is 0 Å². The molecule has 0 bridgehead atoms. The maximum Gasteiger partial charge on any atom is 0.325 e. The summed E-state index contributed by atoms with van der Waals surface area (Å²) in [6, 6.07) is -0.258. The minimum atomic E-state index is -0.634. The molecule has 1 aliphatic carbocycles. The van der Waals surface area contributed by atoms with E-state index < -0.39 is 5.54 Å². The van der Waals surface area contributed by atoms with E-state index >= 15 is 0 Å². The van der Waals surface area contributed by atoms with E-state index in [0.717, 1.165) is 31.3 Å². The van der Waals surface area contributed by atoms with E-state index in [0.29, 0.717) is 6.54 Å². The molecule has 1 saturated heterocycles. The van der Waals surface area contributed by atoms with E-state index in [1.54, 1.807) is 0 Å². The van der Waals surface area contributed by atoms with Crippen LogP contribution in [0.3, 0.4) is 0 Å². The third-order valence-corrected chi connectivity index (χ3v) is 3.93. The summed E-state index contributed by atoms with van der Waals surface area (Å²) in [4.78, 5) is 25.6. The van der Waals surface area contributed by atoms with Crippen LogP contribution in [0.1, 0.15) is 39.5 Å². The first-order valence-electron chi connectivity index (χ1n) is 6.26. The lowest BCUT2D eigenvalue weighted by atomic mass is 9.73. The summed E-state index contributed by atoms with van der Waals surface area (Å²) >= 11 is 0. The maximum atomic E-state index is 12.4. The predicted octanol–water partition coefficient (Wildman–Crippen LogP) is 2.06. The highest BCUT2D eigenvalue weighted by atomic mass is 16.2. The normalized spacial score (nSPS) is 33.1. The van der Waals surface area contributed by atoms with Gasteiger partial charge in [-0.05, 0) is 25.7 Å². The molecule has 94 valence electrons. The summed E-state index contributed by atoms with van der Waals surface area (Å²) in [6.07, 6.45) is 3.93. The first-order chi connectivity index (χ1) is 7.97. The second kappa shape index (κ2) is 4.17. The molecule has 1 spiro atoms. The van der Waals surface area contributed by atoms with Gasteiger partial charge in [-0.15, -0.1) is 0 Å². The van der Waals surface area contributed by atoms with Crippen LogP contribution >= 0.6 is 0 Å². The molecule has 0 aromatic heterocycles. The maximum absolute atomic E-state index is 12.4. The van der Waals surface area contributed by atoms with Crippen LogP contribution in [-0.4, -0.2) is 28.9 Å². The molecule has 2 fully saturated rings. The number of rotatable bonds is 2. The molecule has 0 aromatic carbocycles. The number of hydrogen-bond acceptors (Lipinski definition) is 2. The largest absolute Gasteiger partial charge is 0.325 e. The number of carbonyl (C=O) groups excluding carboxylic acids is 2. The summed E-state index contributed by atoms with van der Waals surface area (Å²) < 4.78 is 0. The smallest absolute Gasteiger partial charge is 0.323 e. The highest BCUT2D eigenvalue weighted by Gasteiger charge is 2.54. The van der Waals surface area contributed by atoms with Gasteiger partial charge in [0.15, 0.2) is 0 Å².